The number of para-hydroxylation sites is 1. The number of benzene rings is 2. The van der Waals surface area contributed by atoms with Crippen molar-refractivity contribution in [3.05, 3.63) is 75.1 Å². The van der Waals surface area contributed by atoms with Crippen LogP contribution >= 0.6 is 23.2 Å². The number of hydrogen-bond acceptors (Lipinski definition) is 9. The monoisotopic (exact) mass is 717 g/mol. The van der Waals surface area contributed by atoms with Crippen molar-refractivity contribution in [2.24, 2.45) is 0 Å². The molecule has 1 saturated heterocycles. The number of nitrogens with zero attached hydrogens (tertiary/aromatic N) is 5. The Morgan fingerprint density at radius 3 is 2.40 bits per heavy atom. The van der Waals surface area contributed by atoms with Crippen molar-refractivity contribution < 1.29 is 19.1 Å². The topological polar surface area (TPSA) is 131 Å². The van der Waals surface area contributed by atoms with E-state index in [1.54, 1.807) is 40.8 Å². The summed E-state index contributed by atoms with van der Waals surface area (Å²) in [6, 6.07) is 8.68. The minimum absolute atomic E-state index is 0.161. The molecule has 260 valence electrons. The van der Waals surface area contributed by atoms with Gasteiger partial charge in [0.25, 0.3) is 11.5 Å². The van der Waals surface area contributed by atoms with E-state index in [1.165, 1.54) is 20.3 Å². The number of anilines is 3. The third-order valence-electron chi connectivity index (χ3n) is 8.37. The lowest BCUT2D eigenvalue weighted by atomic mass is 10.0. The van der Waals surface area contributed by atoms with Crippen LogP contribution in [0.15, 0.2) is 54.0 Å². The molecule has 1 aliphatic rings. The summed E-state index contributed by atoms with van der Waals surface area (Å²) >= 11 is 13.5. The smallest absolute Gasteiger partial charge is 0.298 e. The number of carbonyl (C=O) groups excluding carboxylic acids is 2. The molecule has 0 spiro atoms. The number of aryl methyl sites for hydroxylation is 2. The van der Waals surface area contributed by atoms with E-state index in [9.17, 15) is 14.4 Å². The van der Waals surface area contributed by atoms with Crippen molar-refractivity contribution in [2.75, 3.05) is 57.6 Å². The van der Waals surface area contributed by atoms with Gasteiger partial charge in [0.05, 0.1) is 41.2 Å². The van der Waals surface area contributed by atoms with E-state index in [1.807, 2.05) is 19.1 Å². The number of pyridine rings is 1. The predicted molar refractivity (Wildman–Crippen MR) is 197 cm³/mol. The standard InChI is InChI=1S/C36H37Cl2N7O5/c1-6-10-29(47)44-17-15-43(16-18-44)13-9-14-45-34-23(19-24(35(45)48)30-31(37)26(49-4)20-27(50-5)32(30)38)21-39-36(42-34)41-33-22(3)11-8-12-25(33)40-28(46)7-2/h7-8,11-12,19-21H,2,9,13-18H2,1,3-5H3,(H,40,46)(H,39,41,42). The van der Waals surface area contributed by atoms with Gasteiger partial charge in [-0.1, -0.05) is 47.8 Å². The van der Waals surface area contributed by atoms with Gasteiger partial charge in [0.15, 0.2) is 0 Å². The summed E-state index contributed by atoms with van der Waals surface area (Å²) in [6.07, 6.45) is 3.40. The van der Waals surface area contributed by atoms with E-state index >= 15 is 0 Å². The van der Waals surface area contributed by atoms with Gasteiger partial charge in [0.2, 0.25) is 11.9 Å². The normalized spacial score (nSPS) is 13.0. The zero-order valence-corrected chi connectivity index (χ0v) is 29.7. The lowest BCUT2D eigenvalue weighted by Gasteiger charge is -2.33. The Hall–Kier alpha value is -5.09. The maximum absolute atomic E-state index is 14.4. The van der Waals surface area contributed by atoms with E-state index in [-0.39, 0.29) is 44.5 Å². The number of carbonyl (C=O) groups is 2. The van der Waals surface area contributed by atoms with Crippen molar-refractivity contribution in [3.8, 4) is 34.5 Å². The average molecular weight is 719 g/mol. The Labute approximate surface area is 300 Å². The van der Waals surface area contributed by atoms with Gasteiger partial charge in [-0.25, -0.2) is 4.98 Å². The number of hydrogen-bond donors (Lipinski definition) is 2. The second-order valence-corrected chi connectivity index (χ2v) is 12.2. The van der Waals surface area contributed by atoms with Crippen LogP contribution in [-0.2, 0) is 16.1 Å². The second-order valence-electron chi connectivity index (χ2n) is 11.4. The van der Waals surface area contributed by atoms with Crippen LogP contribution in [0, 0.1) is 18.8 Å². The first kappa shape index (κ1) is 36.2. The second kappa shape index (κ2) is 16.1. The van der Waals surface area contributed by atoms with Crippen LogP contribution in [0.4, 0.5) is 17.3 Å². The predicted octanol–water partition coefficient (Wildman–Crippen LogP) is 5.52. The highest BCUT2D eigenvalue weighted by molar-refractivity contribution is 6.41. The van der Waals surface area contributed by atoms with Crippen molar-refractivity contribution in [1.82, 2.24) is 24.3 Å². The third-order valence-corrected chi connectivity index (χ3v) is 9.12. The number of halogens is 2. The van der Waals surface area contributed by atoms with Crippen molar-refractivity contribution in [1.29, 1.82) is 0 Å². The Bertz CT molecular complexity index is 2050. The first-order chi connectivity index (χ1) is 24.1. The van der Waals surface area contributed by atoms with Gasteiger partial charge >= 0.3 is 0 Å². The van der Waals surface area contributed by atoms with Crippen molar-refractivity contribution >= 4 is 63.4 Å². The fourth-order valence-corrected chi connectivity index (χ4v) is 6.48. The lowest BCUT2D eigenvalue weighted by molar-refractivity contribution is -0.126. The molecule has 0 bridgehead atoms. The highest BCUT2D eigenvalue weighted by Crippen LogP contribution is 2.45. The maximum atomic E-state index is 14.4. The van der Waals surface area contributed by atoms with Crippen LogP contribution in [0.2, 0.25) is 10.0 Å². The number of ether oxygens (including phenoxy) is 2. The van der Waals surface area contributed by atoms with Gasteiger partial charge in [0.1, 0.15) is 17.1 Å². The summed E-state index contributed by atoms with van der Waals surface area (Å²) in [5.74, 6) is 5.54. The Morgan fingerprint density at radius 2 is 1.76 bits per heavy atom. The highest BCUT2D eigenvalue weighted by Gasteiger charge is 2.24. The van der Waals surface area contributed by atoms with Crippen molar-refractivity contribution in [3.63, 3.8) is 0 Å². The molecule has 0 aliphatic carbocycles. The number of piperazine rings is 1. The van der Waals surface area contributed by atoms with E-state index in [4.69, 9.17) is 37.7 Å². The van der Waals surface area contributed by atoms with E-state index < -0.39 is 0 Å². The molecule has 2 amide bonds. The Kier molecular flexibility index (Phi) is 11.6. The van der Waals surface area contributed by atoms with Crippen LogP contribution in [0.5, 0.6) is 11.5 Å². The van der Waals surface area contributed by atoms with Crippen LogP contribution in [-0.4, -0.2) is 83.1 Å². The van der Waals surface area contributed by atoms with Gasteiger partial charge in [-0.2, -0.15) is 4.98 Å². The number of nitrogens with one attached hydrogen (secondary N) is 2. The summed E-state index contributed by atoms with van der Waals surface area (Å²) in [6.45, 7) is 10.6. The largest absolute Gasteiger partial charge is 0.495 e. The highest BCUT2D eigenvalue weighted by atomic mass is 35.5. The molecule has 5 rings (SSSR count). The van der Waals surface area contributed by atoms with Gasteiger partial charge in [-0.3, -0.25) is 23.9 Å². The molecule has 0 saturated carbocycles. The summed E-state index contributed by atoms with van der Waals surface area (Å²) in [7, 11) is 2.93. The fraction of sp³-hybridized carbons (Fsp3) is 0.306. The van der Waals surface area contributed by atoms with Gasteiger partial charge in [0, 0.05) is 55.9 Å². The lowest BCUT2D eigenvalue weighted by Crippen LogP contribution is -2.48. The molecule has 0 unspecified atom stereocenters. The first-order valence-corrected chi connectivity index (χ1v) is 16.6. The maximum Gasteiger partial charge on any atom is 0.298 e. The number of rotatable bonds is 11. The fourth-order valence-electron chi connectivity index (χ4n) is 5.77. The van der Waals surface area contributed by atoms with E-state index in [0.717, 1.165) is 5.56 Å². The SMILES string of the molecule is C=CC(=O)Nc1cccc(C)c1Nc1ncc2cc(-c3c(Cl)c(OC)cc(OC)c3Cl)c(=O)n(CCCN3CCN(C(=O)C#CC)CC3)c2n1. The number of aromatic nitrogens is 3. The molecule has 50 heavy (non-hydrogen) atoms. The Balaban J connectivity index is 1.55. The molecular formula is C36H37Cl2N7O5. The quantitative estimate of drug-likeness (QED) is 0.152. The molecule has 14 heteroatoms. The minimum Gasteiger partial charge on any atom is -0.495 e. The third kappa shape index (κ3) is 7.70. The number of amides is 2. The minimum atomic E-state index is -0.371. The molecule has 1 aliphatic heterocycles. The van der Waals surface area contributed by atoms with Crippen LogP contribution in [0.3, 0.4) is 0 Å². The van der Waals surface area contributed by atoms with Gasteiger partial charge < -0.3 is 25.0 Å². The average Bonchev–Trinajstić information content (AvgIpc) is 3.11. The van der Waals surface area contributed by atoms with Crippen molar-refractivity contribution in [2.45, 2.75) is 26.8 Å². The number of fused-ring (bicyclic) bond motifs is 1. The summed E-state index contributed by atoms with van der Waals surface area (Å²) < 4.78 is 12.5. The molecule has 3 heterocycles. The summed E-state index contributed by atoms with van der Waals surface area (Å²) in [5.41, 5.74) is 2.46. The van der Waals surface area contributed by atoms with E-state index in [2.05, 4.69) is 38.9 Å². The molecular weight excluding hydrogens is 681 g/mol. The molecule has 2 aromatic heterocycles. The Morgan fingerprint density at radius 1 is 1.06 bits per heavy atom. The summed E-state index contributed by atoms with van der Waals surface area (Å²) in [5, 5.41) is 6.91. The molecule has 12 nitrogen and oxygen atoms in total. The van der Waals surface area contributed by atoms with Crippen LogP contribution in [0.25, 0.3) is 22.2 Å². The molecule has 2 aromatic carbocycles. The first-order valence-electron chi connectivity index (χ1n) is 15.8. The van der Waals surface area contributed by atoms with Gasteiger partial charge in [-0.05, 0) is 56.5 Å². The summed E-state index contributed by atoms with van der Waals surface area (Å²) in [4.78, 5) is 52.1. The molecule has 1 fully saturated rings. The zero-order chi connectivity index (χ0) is 35.9. The molecule has 0 atom stereocenters. The van der Waals surface area contributed by atoms with E-state index in [0.29, 0.717) is 79.6 Å². The van der Waals surface area contributed by atoms with Gasteiger partial charge in [-0.15, -0.1) is 0 Å². The zero-order valence-electron chi connectivity index (χ0n) is 28.2. The van der Waals surface area contributed by atoms with Crippen LogP contribution < -0.4 is 25.7 Å². The molecule has 0 radical (unpaired) electrons. The molecule has 2 N–H and O–H groups in total. The van der Waals surface area contributed by atoms with Crippen LogP contribution in [0.1, 0.15) is 18.9 Å². The molecule has 4 aromatic rings. The number of methoxy groups -OCH3 is 2.